The molecule has 1 N–H and O–H groups in total. The van der Waals surface area contributed by atoms with E-state index in [1.807, 2.05) is 18.4 Å². The maximum Gasteiger partial charge on any atom is 0.240 e. The van der Waals surface area contributed by atoms with Crippen molar-refractivity contribution in [3.8, 4) is 5.40 Å². The molecule has 1 unspecified atom stereocenters. The maximum atomic E-state index is 12.3. The molecule has 2 aromatic rings. The summed E-state index contributed by atoms with van der Waals surface area (Å²) in [4.78, 5) is 0.204. The smallest absolute Gasteiger partial charge is 0.210 e. The molecule has 2 aromatic carbocycles. The van der Waals surface area contributed by atoms with Gasteiger partial charge in [-0.1, -0.05) is 41.4 Å². The van der Waals surface area contributed by atoms with E-state index in [1.54, 1.807) is 42.5 Å². The van der Waals surface area contributed by atoms with Crippen LogP contribution in [0, 0.1) is 17.6 Å². The summed E-state index contributed by atoms with van der Waals surface area (Å²) < 4.78 is 27.2. The van der Waals surface area contributed by atoms with Crippen molar-refractivity contribution in [3.63, 3.8) is 0 Å². The third-order valence-corrected chi connectivity index (χ3v) is 5.71. The van der Waals surface area contributed by atoms with Gasteiger partial charge in [-0.2, -0.15) is 5.26 Å². The maximum absolute atomic E-state index is 12.3. The molecule has 23 heavy (non-hydrogen) atoms. The highest BCUT2D eigenvalue weighted by Gasteiger charge is 2.19. The molecule has 0 aromatic heterocycles. The lowest BCUT2D eigenvalue weighted by molar-refractivity contribution is 0.581. The van der Waals surface area contributed by atoms with E-state index in [0.29, 0.717) is 5.02 Å². The van der Waals surface area contributed by atoms with Crippen molar-refractivity contribution in [2.45, 2.75) is 17.1 Å². The lowest BCUT2D eigenvalue weighted by atomic mass is 10.1. The molecule has 0 saturated heterocycles. The van der Waals surface area contributed by atoms with Gasteiger partial charge in [-0.25, -0.2) is 13.1 Å². The van der Waals surface area contributed by atoms with Gasteiger partial charge in [-0.05, 0) is 48.5 Å². The van der Waals surface area contributed by atoms with Crippen LogP contribution in [0.15, 0.2) is 53.4 Å². The van der Waals surface area contributed by atoms with Gasteiger partial charge in [0, 0.05) is 11.6 Å². The van der Waals surface area contributed by atoms with E-state index >= 15 is 0 Å². The average Bonchev–Trinajstić information content (AvgIpc) is 2.52. The van der Waals surface area contributed by atoms with Crippen molar-refractivity contribution < 1.29 is 8.42 Å². The Kier molecular flexibility index (Phi) is 6.08. The summed E-state index contributed by atoms with van der Waals surface area (Å²) in [7, 11) is -3.61. The Labute approximate surface area is 145 Å². The fraction of sp³-hybridized carbons (Fsp3) is 0.188. The summed E-state index contributed by atoms with van der Waals surface area (Å²) in [6, 6.07) is 13.7. The number of aryl methyl sites for hydroxylation is 1. The van der Waals surface area contributed by atoms with Gasteiger partial charge in [0.25, 0.3) is 0 Å². The van der Waals surface area contributed by atoms with Gasteiger partial charge in [0.15, 0.2) is 0 Å². The van der Waals surface area contributed by atoms with Gasteiger partial charge in [0.05, 0.1) is 10.1 Å². The van der Waals surface area contributed by atoms with Crippen LogP contribution in [0.3, 0.4) is 0 Å². The van der Waals surface area contributed by atoms with Crippen molar-refractivity contribution >= 4 is 33.4 Å². The Morgan fingerprint density at radius 3 is 2.57 bits per heavy atom. The predicted octanol–water partition coefficient (Wildman–Crippen LogP) is 3.88. The summed E-state index contributed by atoms with van der Waals surface area (Å²) in [5, 5.41) is 11.2. The average molecular weight is 367 g/mol. The number of hydrogen-bond acceptors (Lipinski definition) is 4. The third-order valence-electron chi connectivity index (χ3n) is 3.21. The molecular weight excluding hydrogens is 352 g/mol. The summed E-state index contributed by atoms with van der Waals surface area (Å²) >= 11 is 6.96. The molecule has 1 atom stereocenters. The zero-order valence-electron chi connectivity index (χ0n) is 12.4. The molecule has 0 aliphatic rings. The van der Waals surface area contributed by atoms with Gasteiger partial charge < -0.3 is 0 Å². The minimum Gasteiger partial charge on any atom is -0.210 e. The normalized spacial score (nSPS) is 12.6. The van der Waals surface area contributed by atoms with Crippen molar-refractivity contribution in [2.75, 3.05) is 6.54 Å². The van der Waals surface area contributed by atoms with E-state index in [9.17, 15) is 8.42 Å². The summed E-state index contributed by atoms with van der Waals surface area (Å²) in [6.07, 6.45) is 0. The number of nitrogens with zero attached hydrogens (tertiary/aromatic N) is 1. The summed E-state index contributed by atoms with van der Waals surface area (Å²) in [5.41, 5.74) is 1.79. The summed E-state index contributed by atoms with van der Waals surface area (Å²) in [5.74, 6) is 0. The molecule has 0 fully saturated rings. The monoisotopic (exact) mass is 366 g/mol. The standard InChI is InChI=1S/C16H15ClN2O2S2/c1-12-5-7-15(8-6-12)23(20,21)19-10-16(22-11-18)13-3-2-4-14(17)9-13/h2-9,16,19H,10H2,1H3. The molecule has 0 spiro atoms. The van der Waals surface area contributed by atoms with Crippen molar-refractivity contribution in [2.24, 2.45) is 0 Å². The van der Waals surface area contributed by atoms with E-state index in [-0.39, 0.29) is 16.7 Å². The summed E-state index contributed by atoms with van der Waals surface area (Å²) in [6.45, 7) is 2.00. The first kappa shape index (κ1) is 17.8. The van der Waals surface area contributed by atoms with Gasteiger partial charge >= 0.3 is 0 Å². The van der Waals surface area contributed by atoms with Crippen LogP contribution in [0.2, 0.25) is 5.02 Å². The molecule has 0 heterocycles. The number of rotatable bonds is 6. The van der Waals surface area contributed by atoms with Crippen LogP contribution in [-0.2, 0) is 10.0 Å². The molecule has 0 bridgehead atoms. The molecule has 120 valence electrons. The van der Waals surface area contributed by atoms with Crippen molar-refractivity contribution in [1.29, 1.82) is 5.26 Å². The molecule has 0 aliphatic heterocycles. The van der Waals surface area contributed by atoms with Gasteiger partial charge in [0.2, 0.25) is 10.0 Å². The van der Waals surface area contributed by atoms with Gasteiger partial charge in [0.1, 0.15) is 5.40 Å². The first-order valence-corrected chi connectivity index (χ1v) is 9.53. The lowest BCUT2D eigenvalue weighted by Gasteiger charge is -2.15. The predicted molar refractivity (Wildman–Crippen MR) is 93.8 cm³/mol. The second-order valence-corrected chi connectivity index (χ2v) is 8.11. The van der Waals surface area contributed by atoms with Crippen LogP contribution in [0.1, 0.15) is 16.4 Å². The Bertz CT molecular complexity index is 815. The minimum absolute atomic E-state index is 0.106. The van der Waals surface area contributed by atoms with Crippen molar-refractivity contribution in [1.82, 2.24) is 4.72 Å². The zero-order chi connectivity index (χ0) is 16.9. The van der Waals surface area contributed by atoms with E-state index < -0.39 is 10.0 Å². The first-order valence-electron chi connectivity index (χ1n) is 6.79. The lowest BCUT2D eigenvalue weighted by Crippen LogP contribution is -2.27. The van der Waals surface area contributed by atoms with E-state index in [0.717, 1.165) is 22.9 Å². The number of halogens is 1. The van der Waals surface area contributed by atoms with Crippen LogP contribution < -0.4 is 4.72 Å². The number of nitrogens with one attached hydrogen (secondary N) is 1. The van der Waals surface area contributed by atoms with Crippen LogP contribution in [-0.4, -0.2) is 15.0 Å². The van der Waals surface area contributed by atoms with E-state index in [4.69, 9.17) is 16.9 Å². The molecule has 2 rings (SSSR count). The second-order valence-electron chi connectivity index (χ2n) is 4.92. The van der Waals surface area contributed by atoms with Crippen LogP contribution in [0.4, 0.5) is 0 Å². The van der Waals surface area contributed by atoms with E-state index in [2.05, 4.69) is 4.72 Å². The number of sulfonamides is 1. The van der Waals surface area contributed by atoms with Gasteiger partial charge in [-0.15, -0.1) is 0 Å². The quantitative estimate of drug-likeness (QED) is 0.787. The first-order chi connectivity index (χ1) is 10.9. The van der Waals surface area contributed by atoms with Crippen LogP contribution >= 0.6 is 23.4 Å². The number of nitriles is 1. The molecular formula is C16H15ClN2O2S2. The highest BCUT2D eigenvalue weighted by atomic mass is 35.5. The number of thiocyanates is 1. The largest absolute Gasteiger partial charge is 0.240 e. The number of hydrogen-bond donors (Lipinski definition) is 1. The highest BCUT2D eigenvalue weighted by molar-refractivity contribution is 8.04. The molecule has 4 nitrogen and oxygen atoms in total. The van der Waals surface area contributed by atoms with Crippen LogP contribution in [0.25, 0.3) is 0 Å². The Morgan fingerprint density at radius 2 is 1.96 bits per heavy atom. The number of benzene rings is 2. The fourth-order valence-electron chi connectivity index (χ4n) is 1.98. The number of thioether (sulfide) groups is 1. The Balaban J connectivity index is 2.15. The SMILES string of the molecule is Cc1ccc(S(=O)(=O)NCC(SC#N)c2cccc(Cl)c2)cc1. The fourth-order valence-corrected chi connectivity index (χ4v) is 3.91. The second kappa shape index (κ2) is 7.84. The Morgan fingerprint density at radius 1 is 1.26 bits per heavy atom. The molecule has 7 heteroatoms. The van der Waals surface area contributed by atoms with Crippen molar-refractivity contribution in [3.05, 3.63) is 64.7 Å². The highest BCUT2D eigenvalue weighted by Crippen LogP contribution is 2.29. The third kappa shape index (κ3) is 4.98. The van der Waals surface area contributed by atoms with Crippen LogP contribution in [0.5, 0.6) is 0 Å². The van der Waals surface area contributed by atoms with E-state index in [1.165, 1.54) is 0 Å². The molecule has 0 amide bonds. The molecule has 0 radical (unpaired) electrons. The molecule has 0 saturated carbocycles. The topological polar surface area (TPSA) is 70.0 Å². The molecule has 0 aliphatic carbocycles. The minimum atomic E-state index is -3.61. The Hall–Kier alpha value is -1.52. The van der Waals surface area contributed by atoms with Gasteiger partial charge in [-0.3, -0.25) is 0 Å². The zero-order valence-corrected chi connectivity index (χ0v) is 14.8.